The number of nitrogens with zero attached hydrogens (tertiary/aromatic N) is 3. The van der Waals surface area contributed by atoms with Crippen LogP contribution < -0.4 is 4.90 Å². The largest absolute Gasteiger partial charge is 0.308 e. The molecule has 1 amide bonds. The van der Waals surface area contributed by atoms with Crippen LogP contribution in [0.1, 0.15) is 18.9 Å². The number of carbonyl (C=O) groups is 1. The molecule has 1 atom stereocenters. The van der Waals surface area contributed by atoms with Gasteiger partial charge in [0, 0.05) is 41.6 Å². The molecule has 5 heteroatoms. The summed E-state index contributed by atoms with van der Waals surface area (Å²) in [5, 5.41) is 4.62. The Kier molecular flexibility index (Phi) is 4.34. The first-order valence-electron chi connectivity index (χ1n) is 7.37. The highest BCUT2D eigenvalue weighted by Crippen LogP contribution is 2.37. The zero-order valence-electron chi connectivity index (χ0n) is 12.8. The quantitative estimate of drug-likeness (QED) is 0.798. The molecule has 0 saturated heterocycles. The minimum Gasteiger partial charge on any atom is -0.308 e. The molecule has 0 aliphatic carbocycles. The molecule has 22 heavy (non-hydrogen) atoms. The van der Waals surface area contributed by atoms with E-state index in [1.54, 1.807) is 17.0 Å². The first-order valence-corrected chi connectivity index (χ1v) is 8.25. The average molecular weight is 313 g/mol. The van der Waals surface area contributed by atoms with Crippen molar-refractivity contribution >= 4 is 29.4 Å². The molecule has 114 valence electrons. The second-order valence-corrected chi connectivity index (χ2v) is 6.94. The lowest BCUT2D eigenvalue weighted by Crippen LogP contribution is -2.30. The van der Waals surface area contributed by atoms with E-state index in [-0.39, 0.29) is 5.91 Å². The van der Waals surface area contributed by atoms with Gasteiger partial charge in [-0.3, -0.25) is 9.48 Å². The Labute approximate surface area is 134 Å². The number of amides is 1. The second-order valence-electron chi connectivity index (χ2n) is 5.46. The molecule has 0 bridgehead atoms. The number of para-hydroxylation sites is 1. The van der Waals surface area contributed by atoms with Gasteiger partial charge in [0.1, 0.15) is 0 Å². The van der Waals surface area contributed by atoms with Gasteiger partial charge in [-0.25, -0.2) is 0 Å². The predicted octanol–water partition coefficient (Wildman–Crippen LogP) is 3.35. The van der Waals surface area contributed by atoms with Gasteiger partial charge in [0.25, 0.3) is 5.91 Å². The van der Waals surface area contributed by atoms with Crippen molar-refractivity contribution < 1.29 is 4.79 Å². The van der Waals surface area contributed by atoms with Gasteiger partial charge in [-0.15, -0.1) is 11.8 Å². The number of carbonyl (C=O) groups excluding carboxylic acids is 1. The lowest BCUT2D eigenvalue weighted by atomic mass is 10.2. The van der Waals surface area contributed by atoms with Crippen molar-refractivity contribution in [2.24, 2.45) is 7.05 Å². The van der Waals surface area contributed by atoms with Crippen molar-refractivity contribution in [1.29, 1.82) is 0 Å². The number of hydrogen-bond donors (Lipinski definition) is 0. The van der Waals surface area contributed by atoms with E-state index >= 15 is 0 Å². The number of rotatable bonds is 2. The fraction of sp³-hybridized carbons (Fsp3) is 0.294. The maximum absolute atomic E-state index is 12.6. The fourth-order valence-corrected chi connectivity index (χ4v) is 3.61. The average Bonchev–Trinajstić information content (AvgIpc) is 2.84. The Bertz CT molecular complexity index is 707. The summed E-state index contributed by atoms with van der Waals surface area (Å²) in [6.07, 6.45) is 8.08. The molecule has 0 spiro atoms. The summed E-state index contributed by atoms with van der Waals surface area (Å²) in [4.78, 5) is 15.7. The van der Waals surface area contributed by atoms with E-state index in [2.05, 4.69) is 18.1 Å². The van der Waals surface area contributed by atoms with E-state index in [0.29, 0.717) is 5.25 Å². The molecule has 4 nitrogen and oxygen atoms in total. The van der Waals surface area contributed by atoms with Crippen LogP contribution in [-0.2, 0) is 11.8 Å². The maximum Gasteiger partial charge on any atom is 0.251 e. The first-order chi connectivity index (χ1) is 10.6. The highest BCUT2D eigenvalue weighted by Gasteiger charge is 2.22. The van der Waals surface area contributed by atoms with E-state index in [4.69, 9.17) is 0 Å². The minimum atomic E-state index is 0.0194. The lowest BCUT2D eigenvalue weighted by molar-refractivity contribution is -0.114. The molecule has 0 N–H and O–H groups in total. The van der Waals surface area contributed by atoms with E-state index < -0.39 is 0 Å². The highest BCUT2D eigenvalue weighted by molar-refractivity contribution is 8.00. The number of aromatic nitrogens is 2. The molecule has 1 aromatic carbocycles. The number of benzene rings is 1. The summed E-state index contributed by atoms with van der Waals surface area (Å²) in [5.41, 5.74) is 1.94. The third-order valence-corrected chi connectivity index (χ3v) is 4.89. The first kappa shape index (κ1) is 14.9. The van der Waals surface area contributed by atoms with Crippen molar-refractivity contribution in [1.82, 2.24) is 9.78 Å². The van der Waals surface area contributed by atoms with Crippen LogP contribution in [0.5, 0.6) is 0 Å². The molecule has 1 unspecified atom stereocenters. The van der Waals surface area contributed by atoms with Gasteiger partial charge in [-0.05, 0) is 24.6 Å². The van der Waals surface area contributed by atoms with Crippen molar-refractivity contribution in [3.8, 4) is 0 Å². The minimum absolute atomic E-state index is 0.0194. The number of thioether (sulfide) groups is 1. The van der Waals surface area contributed by atoms with Gasteiger partial charge in [0.15, 0.2) is 0 Å². The molecule has 1 aromatic heterocycles. The van der Waals surface area contributed by atoms with Gasteiger partial charge in [0.2, 0.25) is 0 Å². The Morgan fingerprint density at radius 1 is 1.41 bits per heavy atom. The molecule has 0 radical (unpaired) electrons. The number of aryl methyl sites for hydroxylation is 1. The van der Waals surface area contributed by atoms with Crippen LogP contribution in [0.3, 0.4) is 0 Å². The Hall–Kier alpha value is -2.01. The smallest absolute Gasteiger partial charge is 0.251 e. The second kappa shape index (κ2) is 6.40. The zero-order valence-corrected chi connectivity index (χ0v) is 13.6. The molecular weight excluding hydrogens is 294 g/mol. The Morgan fingerprint density at radius 3 is 3.00 bits per heavy atom. The third kappa shape index (κ3) is 3.25. The topological polar surface area (TPSA) is 38.1 Å². The molecular formula is C17H19N3OS. The highest BCUT2D eigenvalue weighted by atomic mass is 32.2. The van der Waals surface area contributed by atoms with E-state index in [1.807, 2.05) is 54.2 Å². The van der Waals surface area contributed by atoms with Crippen molar-refractivity contribution in [3.63, 3.8) is 0 Å². The molecule has 2 heterocycles. The van der Waals surface area contributed by atoms with Crippen LogP contribution in [0.25, 0.3) is 6.08 Å². The Balaban J connectivity index is 1.84. The predicted molar refractivity (Wildman–Crippen MR) is 91.0 cm³/mol. The summed E-state index contributed by atoms with van der Waals surface area (Å²) in [5.74, 6) is 0.0194. The summed E-state index contributed by atoms with van der Waals surface area (Å²) >= 11 is 1.84. The Morgan fingerprint density at radius 2 is 2.23 bits per heavy atom. The van der Waals surface area contributed by atoms with Crippen LogP contribution in [0.15, 0.2) is 47.6 Å². The molecule has 1 aliphatic rings. The molecule has 3 rings (SSSR count). The van der Waals surface area contributed by atoms with Gasteiger partial charge < -0.3 is 4.90 Å². The number of fused-ring (bicyclic) bond motifs is 1. The third-order valence-electron chi connectivity index (χ3n) is 3.65. The van der Waals surface area contributed by atoms with Crippen molar-refractivity contribution in [2.45, 2.75) is 23.5 Å². The van der Waals surface area contributed by atoms with Crippen LogP contribution >= 0.6 is 11.8 Å². The summed E-state index contributed by atoms with van der Waals surface area (Å²) < 4.78 is 1.73. The summed E-state index contributed by atoms with van der Waals surface area (Å²) in [6.45, 7) is 2.96. The molecule has 2 aromatic rings. The number of hydrogen-bond acceptors (Lipinski definition) is 3. The van der Waals surface area contributed by atoms with E-state index in [9.17, 15) is 4.79 Å². The monoisotopic (exact) mass is 313 g/mol. The normalized spacial score (nSPS) is 18.3. The van der Waals surface area contributed by atoms with Crippen LogP contribution in [-0.4, -0.2) is 27.5 Å². The number of anilines is 1. The van der Waals surface area contributed by atoms with E-state index in [0.717, 1.165) is 24.2 Å². The van der Waals surface area contributed by atoms with Crippen molar-refractivity contribution in [2.75, 3.05) is 11.4 Å². The summed E-state index contributed by atoms with van der Waals surface area (Å²) in [6, 6.07) is 8.13. The van der Waals surface area contributed by atoms with E-state index in [1.165, 1.54) is 4.90 Å². The lowest BCUT2D eigenvalue weighted by Gasteiger charge is -2.20. The van der Waals surface area contributed by atoms with Gasteiger partial charge >= 0.3 is 0 Å². The van der Waals surface area contributed by atoms with Gasteiger partial charge in [0.05, 0.1) is 11.9 Å². The summed E-state index contributed by atoms with van der Waals surface area (Å²) in [7, 11) is 1.86. The van der Waals surface area contributed by atoms with Gasteiger partial charge in [-0.2, -0.15) is 5.10 Å². The fourth-order valence-electron chi connectivity index (χ4n) is 2.50. The molecule has 0 fully saturated rings. The maximum atomic E-state index is 12.6. The SMILES string of the molecule is CC1CCN(C(=O)/C=C/c2cnn(C)c2)c2ccccc2S1. The zero-order chi connectivity index (χ0) is 15.5. The van der Waals surface area contributed by atoms with Crippen molar-refractivity contribution in [3.05, 3.63) is 48.3 Å². The molecule has 0 saturated carbocycles. The molecule has 1 aliphatic heterocycles. The van der Waals surface area contributed by atoms with Gasteiger partial charge in [-0.1, -0.05) is 19.1 Å². The van der Waals surface area contributed by atoms with Crippen LogP contribution in [0.4, 0.5) is 5.69 Å². The van der Waals surface area contributed by atoms with Crippen LogP contribution in [0, 0.1) is 0 Å². The van der Waals surface area contributed by atoms with Crippen LogP contribution in [0.2, 0.25) is 0 Å². The standard InChI is InChI=1S/C17H19N3OS/c1-13-9-10-20(15-5-3-4-6-16(15)22-13)17(21)8-7-14-11-18-19(2)12-14/h3-8,11-13H,9-10H2,1-2H3/b8-7+.